The highest BCUT2D eigenvalue weighted by molar-refractivity contribution is 9.10. The molecule has 0 fully saturated rings. The molecule has 0 aliphatic rings. The second-order valence-corrected chi connectivity index (χ2v) is 5.37. The third-order valence-corrected chi connectivity index (χ3v) is 3.15. The van der Waals surface area contributed by atoms with Crippen LogP contribution in [-0.4, -0.2) is 17.1 Å². The van der Waals surface area contributed by atoms with Crippen molar-refractivity contribution in [3.63, 3.8) is 0 Å². The van der Waals surface area contributed by atoms with E-state index >= 15 is 0 Å². The van der Waals surface area contributed by atoms with Crippen molar-refractivity contribution in [3.05, 3.63) is 34.3 Å². The summed E-state index contributed by atoms with van der Waals surface area (Å²) in [4.78, 5) is 10.7. The van der Waals surface area contributed by atoms with Crippen LogP contribution in [0.5, 0.6) is 0 Å². The van der Waals surface area contributed by atoms with Gasteiger partial charge < -0.3 is 10.4 Å². The van der Waals surface area contributed by atoms with E-state index in [0.29, 0.717) is 12.5 Å². The van der Waals surface area contributed by atoms with Gasteiger partial charge in [0, 0.05) is 17.1 Å². The Hall–Kier alpha value is -0.870. The standard InChI is InChI=1S/C13H18BrNO2/c1-9(2)12(7-13(16)17)15-8-10-4-3-5-11(14)6-10/h3-6,9,12,15H,7-8H2,1-2H3,(H,16,17). The molecule has 3 nitrogen and oxygen atoms in total. The second kappa shape index (κ2) is 6.77. The zero-order valence-electron chi connectivity index (χ0n) is 10.1. The molecule has 1 unspecified atom stereocenters. The molecule has 1 aromatic carbocycles. The minimum Gasteiger partial charge on any atom is -0.481 e. The molecule has 0 saturated heterocycles. The number of carboxylic acid groups (broad SMARTS) is 1. The summed E-state index contributed by atoms with van der Waals surface area (Å²) in [5, 5.41) is 12.1. The zero-order chi connectivity index (χ0) is 12.8. The van der Waals surface area contributed by atoms with Gasteiger partial charge in [0.15, 0.2) is 0 Å². The summed E-state index contributed by atoms with van der Waals surface area (Å²) in [6, 6.07) is 8.01. The van der Waals surface area contributed by atoms with Crippen molar-refractivity contribution >= 4 is 21.9 Å². The molecule has 4 heteroatoms. The maximum absolute atomic E-state index is 10.7. The third-order valence-electron chi connectivity index (χ3n) is 2.66. The Balaban J connectivity index is 2.54. The van der Waals surface area contributed by atoms with Gasteiger partial charge in [-0.3, -0.25) is 4.79 Å². The lowest BCUT2D eigenvalue weighted by atomic mass is 10.0. The molecule has 2 N–H and O–H groups in total. The number of rotatable bonds is 6. The van der Waals surface area contributed by atoms with Gasteiger partial charge in [-0.15, -0.1) is 0 Å². The molecule has 0 saturated carbocycles. The minimum atomic E-state index is -0.759. The summed E-state index contributed by atoms with van der Waals surface area (Å²) in [6.45, 7) is 4.75. The van der Waals surface area contributed by atoms with E-state index in [1.807, 2.05) is 38.1 Å². The van der Waals surface area contributed by atoms with Crippen molar-refractivity contribution in [2.45, 2.75) is 32.9 Å². The van der Waals surface area contributed by atoms with Gasteiger partial charge in [0.25, 0.3) is 0 Å². The summed E-state index contributed by atoms with van der Waals surface area (Å²) in [6.07, 6.45) is 0.158. The quantitative estimate of drug-likeness (QED) is 0.849. The van der Waals surface area contributed by atoms with Crippen molar-refractivity contribution in [2.24, 2.45) is 5.92 Å². The first kappa shape index (κ1) is 14.2. The van der Waals surface area contributed by atoms with E-state index in [0.717, 1.165) is 10.0 Å². The van der Waals surface area contributed by atoms with Crippen LogP contribution >= 0.6 is 15.9 Å². The Morgan fingerprint density at radius 2 is 2.18 bits per heavy atom. The average Bonchev–Trinajstić information content (AvgIpc) is 2.23. The number of halogens is 1. The third kappa shape index (κ3) is 5.33. The molecule has 94 valence electrons. The fourth-order valence-electron chi connectivity index (χ4n) is 1.63. The van der Waals surface area contributed by atoms with Gasteiger partial charge in [-0.25, -0.2) is 0 Å². The van der Waals surface area contributed by atoms with Gasteiger partial charge in [-0.05, 0) is 23.6 Å². The van der Waals surface area contributed by atoms with Gasteiger partial charge in [-0.2, -0.15) is 0 Å². The minimum absolute atomic E-state index is 0.00600. The molecule has 0 aromatic heterocycles. The lowest BCUT2D eigenvalue weighted by molar-refractivity contribution is -0.137. The fourth-order valence-corrected chi connectivity index (χ4v) is 2.07. The van der Waals surface area contributed by atoms with E-state index in [1.54, 1.807) is 0 Å². The Morgan fingerprint density at radius 1 is 1.47 bits per heavy atom. The normalized spacial score (nSPS) is 12.7. The summed E-state index contributed by atoms with van der Waals surface area (Å²) < 4.78 is 1.04. The van der Waals surface area contributed by atoms with E-state index in [9.17, 15) is 4.79 Å². The highest BCUT2D eigenvalue weighted by atomic mass is 79.9. The molecule has 0 aliphatic carbocycles. The van der Waals surface area contributed by atoms with Gasteiger partial charge in [-0.1, -0.05) is 41.9 Å². The van der Waals surface area contributed by atoms with E-state index < -0.39 is 5.97 Å². The lowest BCUT2D eigenvalue weighted by Crippen LogP contribution is -2.35. The summed E-state index contributed by atoms with van der Waals surface area (Å²) in [5.74, 6) is -0.455. The number of carboxylic acids is 1. The monoisotopic (exact) mass is 299 g/mol. The Kier molecular flexibility index (Phi) is 5.65. The van der Waals surface area contributed by atoms with Crippen molar-refractivity contribution < 1.29 is 9.90 Å². The molecule has 1 aromatic rings. The summed E-state index contributed by atoms with van der Waals surface area (Å²) in [7, 11) is 0. The number of hydrogen-bond acceptors (Lipinski definition) is 2. The Labute approximate surface area is 110 Å². The van der Waals surface area contributed by atoms with Gasteiger partial charge in [0.1, 0.15) is 0 Å². The number of carbonyl (C=O) groups is 1. The van der Waals surface area contributed by atoms with Crippen LogP contribution in [0.3, 0.4) is 0 Å². The highest BCUT2D eigenvalue weighted by Crippen LogP contribution is 2.13. The topological polar surface area (TPSA) is 49.3 Å². The first-order chi connectivity index (χ1) is 7.99. The maximum Gasteiger partial charge on any atom is 0.304 e. The smallest absolute Gasteiger partial charge is 0.304 e. The first-order valence-corrected chi connectivity index (χ1v) is 6.48. The molecular formula is C13H18BrNO2. The van der Waals surface area contributed by atoms with E-state index in [4.69, 9.17) is 5.11 Å². The molecule has 0 aliphatic heterocycles. The van der Waals surface area contributed by atoms with Crippen LogP contribution in [0, 0.1) is 5.92 Å². The predicted molar refractivity (Wildman–Crippen MR) is 71.9 cm³/mol. The second-order valence-electron chi connectivity index (χ2n) is 4.46. The average molecular weight is 300 g/mol. The van der Waals surface area contributed by atoms with Crippen LogP contribution in [-0.2, 0) is 11.3 Å². The molecule has 17 heavy (non-hydrogen) atoms. The van der Waals surface area contributed by atoms with Crippen molar-refractivity contribution in [1.29, 1.82) is 0 Å². The van der Waals surface area contributed by atoms with E-state index in [-0.39, 0.29) is 12.5 Å². The Bertz CT molecular complexity index is 379. The molecule has 1 atom stereocenters. The lowest BCUT2D eigenvalue weighted by Gasteiger charge is -2.20. The predicted octanol–water partition coefficient (Wildman–Crippen LogP) is 3.04. The van der Waals surface area contributed by atoms with Crippen molar-refractivity contribution in [2.75, 3.05) is 0 Å². The Morgan fingerprint density at radius 3 is 2.71 bits per heavy atom. The molecule has 0 spiro atoms. The molecule has 0 bridgehead atoms. The summed E-state index contributed by atoms with van der Waals surface area (Å²) in [5.41, 5.74) is 1.15. The van der Waals surface area contributed by atoms with Crippen molar-refractivity contribution in [3.8, 4) is 0 Å². The van der Waals surface area contributed by atoms with Crippen LogP contribution < -0.4 is 5.32 Å². The van der Waals surface area contributed by atoms with Crippen LogP contribution in [0.25, 0.3) is 0 Å². The highest BCUT2D eigenvalue weighted by Gasteiger charge is 2.16. The van der Waals surface area contributed by atoms with Crippen LogP contribution in [0.2, 0.25) is 0 Å². The van der Waals surface area contributed by atoms with Gasteiger partial charge >= 0.3 is 5.97 Å². The largest absolute Gasteiger partial charge is 0.481 e. The first-order valence-electron chi connectivity index (χ1n) is 5.68. The molecule has 0 amide bonds. The number of nitrogens with one attached hydrogen (secondary N) is 1. The van der Waals surface area contributed by atoms with Crippen LogP contribution in [0.1, 0.15) is 25.8 Å². The molecule has 1 rings (SSSR count). The zero-order valence-corrected chi connectivity index (χ0v) is 11.7. The number of aliphatic carboxylic acids is 1. The fraction of sp³-hybridized carbons (Fsp3) is 0.462. The number of hydrogen-bond donors (Lipinski definition) is 2. The van der Waals surface area contributed by atoms with E-state index in [2.05, 4.69) is 21.2 Å². The summed E-state index contributed by atoms with van der Waals surface area (Å²) >= 11 is 3.42. The van der Waals surface area contributed by atoms with Gasteiger partial charge in [0.2, 0.25) is 0 Å². The molecular weight excluding hydrogens is 282 g/mol. The maximum atomic E-state index is 10.7. The van der Waals surface area contributed by atoms with Crippen molar-refractivity contribution in [1.82, 2.24) is 5.32 Å². The number of benzene rings is 1. The molecule has 0 radical (unpaired) electrons. The van der Waals surface area contributed by atoms with Crippen LogP contribution in [0.4, 0.5) is 0 Å². The SMILES string of the molecule is CC(C)C(CC(=O)O)NCc1cccc(Br)c1. The van der Waals surface area contributed by atoms with E-state index in [1.165, 1.54) is 0 Å². The molecule has 0 heterocycles. The van der Waals surface area contributed by atoms with Gasteiger partial charge in [0.05, 0.1) is 6.42 Å². The van der Waals surface area contributed by atoms with Crippen LogP contribution in [0.15, 0.2) is 28.7 Å².